The van der Waals surface area contributed by atoms with Gasteiger partial charge in [0.1, 0.15) is 0 Å². The fourth-order valence-corrected chi connectivity index (χ4v) is 5.09. The predicted octanol–water partition coefficient (Wildman–Crippen LogP) is -1.88. The summed E-state index contributed by atoms with van der Waals surface area (Å²) in [5.41, 5.74) is -1.70. The van der Waals surface area contributed by atoms with E-state index < -0.39 is 29.2 Å². The molecule has 0 aliphatic carbocycles. The van der Waals surface area contributed by atoms with Crippen molar-refractivity contribution in [3.63, 3.8) is 0 Å². The average Bonchev–Trinajstić information content (AvgIpc) is 3.26. The molecule has 2 unspecified atom stereocenters. The van der Waals surface area contributed by atoms with Crippen molar-refractivity contribution >= 4 is 0 Å². The molecule has 0 bridgehead atoms. The molecule has 1 fully saturated rings. The van der Waals surface area contributed by atoms with Gasteiger partial charge >= 0.3 is 21.7 Å². The molecule has 1 heterocycles. The topological polar surface area (TPSA) is 64.6 Å². The minimum absolute atomic E-state index is 0. The Kier molecular flexibility index (Phi) is 10.9. The first-order valence-corrected chi connectivity index (χ1v) is 11.8. The second-order valence-electron chi connectivity index (χ2n) is 9.41. The molecule has 2 atom stereocenters. The molecular formula is C31H28Cl2O4Ti. The van der Waals surface area contributed by atoms with Gasteiger partial charge in [-0.3, -0.25) is 0 Å². The summed E-state index contributed by atoms with van der Waals surface area (Å²) in [5, 5.41) is 30.3. The molecular weight excluding hydrogens is 555 g/mol. The Bertz CT molecular complexity index is 1080. The molecule has 0 saturated carbocycles. The molecule has 4 nitrogen and oxygen atoms in total. The van der Waals surface area contributed by atoms with Crippen LogP contribution in [0.3, 0.4) is 0 Å². The van der Waals surface area contributed by atoms with Gasteiger partial charge in [0.2, 0.25) is 0 Å². The van der Waals surface area contributed by atoms with Gasteiger partial charge in [0.15, 0.2) is 5.79 Å². The number of ether oxygens (including phenoxy) is 2. The molecule has 0 aromatic heterocycles. The van der Waals surface area contributed by atoms with Crippen LogP contribution in [0.2, 0.25) is 0 Å². The number of benzene rings is 4. The summed E-state index contributed by atoms with van der Waals surface area (Å²) in [6, 6.07) is 36.5. The van der Waals surface area contributed by atoms with E-state index >= 15 is 10.2 Å². The van der Waals surface area contributed by atoms with E-state index in [1.165, 1.54) is 0 Å². The summed E-state index contributed by atoms with van der Waals surface area (Å²) in [4.78, 5) is 0. The third-order valence-electron chi connectivity index (χ3n) is 6.71. The zero-order valence-electron chi connectivity index (χ0n) is 21.1. The maximum atomic E-state index is 15.2. The molecule has 38 heavy (non-hydrogen) atoms. The van der Waals surface area contributed by atoms with E-state index in [0.29, 0.717) is 22.3 Å². The maximum absolute atomic E-state index is 15.2. The molecule has 194 valence electrons. The molecule has 7 heteroatoms. The number of rotatable bonds is 6. The third kappa shape index (κ3) is 5.79. The zero-order valence-corrected chi connectivity index (χ0v) is 24.2. The molecule has 0 spiro atoms. The smallest absolute Gasteiger partial charge is 1.00 e. The quantitative estimate of drug-likeness (QED) is 0.250. The molecule has 0 amide bonds. The van der Waals surface area contributed by atoms with E-state index in [-0.39, 0.29) is 46.5 Å². The maximum Gasteiger partial charge on any atom is 4.00 e. The van der Waals surface area contributed by atoms with E-state index in [9.17, 15) is 0 Å². The van der Waals surface area contributed by atoms with Gasteiger partial charge in [-0.1, -0.05) is 144 Å². The van der Waals surface area contributed by atoms with Gasteiger partial charge in [-0.25, -0.2) is 0 Å². The van der Waals surface area contributed by atoms with Gasteiger partial charge in [0.25, 0.3) is 0 Å². The van der Waals surface area contributed by atoms with Crippen LogP contribution < -0.4 is 35.0 Å². The van der Waals surface area contributed by atoms with Gasteiger partial charge in [-0.2, -0.15) is 0 Å². The van der Waals surface area contributed by atoms with E-state index in [2.05, 4.69) is 0 Å². The normalized spacial score (nSPS) is 18.4. The van der Waals surface area contributed by atoms with E-state index in [1.807, 2.05) is 72.8 Å². The molecule has 4 aromatic carbocycles. The van der Waals surface area contributed by atoms with Gasteiger partial charge < -0.3 is 44.5 Å². The van der Waals surface area contributed by atoms with Crippen molar-refractivity contribution in [3.8, 4) is 0 Å². The van der Waals surface area contributed by atoms with Crippen LogP contribution >= 0.6 is 0 Å². The van der Waals surface area contributed by atoms with E-state index in [4.69, 9.17) is 9.47 Å². The second kappa shape index (κ2) is 12.9. The molecule has 0 N–H and O–H groups in total. The largest absolute Gasteiger partial charge is 4.00 e. The van der Waals surface area contributed by atoms with Crippen LogP contribution in [-0.2, 0) is 42.4 Å². The minimum Gasteiger partial charge on any atom is -1.00 e. The van der Waals surface area contributed by atoms with Gasteiger partial charge in [-0.05, 0) is 25.0 Å². The van der Waals surface area contributed by atoms with Crippen LogP contribution in [0.15, 0.2) is 121 Å². The first kappa shape index (κ1) is 32.2. The Morgan fingerprint density at radius 2 is 0.711 bits per heavy atom. The van der Waals surface area contributed by atoms with Crippen LogP contribution in [0, 0.1) is 0 Å². The van der Waals surface area contributed by atoms with Crippen LogP contribution in [-0.4, -0.2) is 18.0 Å². The summed E-state index contributed by atoms with van der Waals surface area (Å²) in [6.45, 7) is 3.51. The van der Waals surface area contributed by atoms with Crippen LogP contribution in [0.1, 0.15) is 36.1 Å². The van der Waals surface area contributed by atoms with Crippen molar-refractivity contribution < 1.29 is 66.2 Å². The fourth-order valence-electron chi connectivity index (χ4n) is 5.09. The Hall–Kier alpha value is -1.99. The standard InChI is InChI=1S/C31H28O4.2ClH.Ti/c1-29(2)34-27(30(32,23-15-7-3-8-16-23)24-17-9-4-10-18-24)28(35-29)31(33,25-19-11-5-12-20-25)26-21-13-6-14-22-26;;;/h3-22,27-28H,1-2H3;2*1H;/q-2;;;+4/p-2. The van der Waals surface area contributed by atoms with Gasteiger partial charge in [-0.15, -0.1) is 0 Å². The minimum atomic E-state index is -1.89. The van der Waals surface area contributed by atoms with E-state index in [1.54, 1.807) is 62.4 Å². The van der Waals surface area contributed by atoms with Crippen molar-refractivity contribution in [2.75, 3.05) is 0 Å². The molecule has 1 saturated heterocycles. The summed E-state index contributed by atoms with van der Waals surface area (Å²) in [7, 11) is 0. The van der Waals surface area contributed by atoms with E-state index in [0.717, 1.165) is 0 Å². The van der Waals surface area contributed by atoms with Gasteiger partial charge in [0.05, 0.1) is 12.2 Å². The summed E-state index contributed by atoms with van der Waals surface area (Å²) in [6.07, 6.45) is -2.22. The van der Waals surface area contributed by atoms with Crippen LogP contribution in [0.4, 0.5) is 0 Å². The Labute approximate surface area is 251 Å². The van der Waals surface area contributed by atoms with Crippen molar-refractivity contribution in [1.82, 2.24) is 0 Å². The monoisotopic (exact) mass is 582 g/mol. The Balaban J connectivity index is 0.00000169. The van der Waals surface area contributed by atoms with Gasteiger partial charge in [0, 0.05) is 0 Å². The van der Waals surface area contributed by atoms with Crippen LogP contribution in [0.25, 0.3) is 0 Å². The SMILES string of the molecule is CC1(C)OC(C([O-])(c2ccccc2)c2ccccc2)C(C([O-])(c2ccccc2)c2ccccc2)O1.[Cl-].[Cl-].[Ti+4]. The van der Waals surface area contributed by atoms with Crippen molar-refractivity contribution in [1.29, 1.82) is 0 Å². The van der Waals surface area contributed by atoms with Crippen molar-refractivity contribution in [2.24, 2.45) is 0 Å². The summed E-state index contributed by atoms with van der Waals surface area (Å²) < 4.78 is 12.8. The van der Waals surface area contributed by atoms with Crippen LogP contribution in [0.5, 0.6) is 0 Å². The van der Waals surface area contributed by atoms with Crippen molar-refractivity contribution in [3.05, 3.63) is 144 Å². The first-order chi connectivity index (χ1) is 16.9. The average molecular weight is 583 g/mol. The number of halogens is 2. The molecule has 1 aliphatic rings. The third-order valence-corrected chi connectivity index (χ3v) is 6.71. The zero-order chi connectivity index (χ0) is 24.5. The molecule has 4 aromatic rings. The first-order valence-electron chi connectivity index (χ1n) is 11.8. The number of hydrogen-bond donors (Lipinski definition) is 0. The molecule has 0 radical (unpaired) electrons. The predicted molar refractivity (Wildman–Crippen MR) is 131 cm³/mol. The Morgan fingerprint density at radius 1 is 0.500 bits per heavy atom. The molecule has 5 rings (SSSR count). The summed E-state index contributed by atoms with van der Waals surface area (Å²) in [5.74, 6) is -1.13. The van der Waals surface area contributed by atoms with Crippen molar-refractivity contribution in [2.45, 2.75) is 43.0 Å². The Morgan fingerprint density at radius 3 is 0.921 bits per heavy atom. The number of hydrogen-bond acceptors (Lipinski definition) is 4. The summed E-state index contributed by atoms with van der Waals surface area (Å²) >= 11 is 0. The molecule has 1 aliphatic heterocycles. The second-order valence-corrected chi connectivity index (χ2v) is 9.41. The fraction of sp³-hybridized carbons (Fsp3) is 0.226.